The molecule has 0 aliphatic carbocycles. The smallest absolute Gasteiger partial charge is 0.313 e. The van der Waals surface area contributed by atoms with Gasteiger partial charge in [-0.25, -0.2) is 0 Å². The quantitative estimate of drug-likeness (QED) is 0.803. The molecule has 2 heterocycles. The summed E-state index contributed by atoms with van der Waals surface area (Å²) in [5.74, 6) is -0.115. The van der Waals surface area contributed by atoms with Gasteiger partial charge in [0.15, 0.2) is 11.0 Å². The first-order chi connectivity index (χ1) is 9.08. The first kappa shape index (κ1) is 13.6. The van der Waals surface area contributed by atoms with Crippen LogP contribution in [-0.2, 0) is 11.3 Å². The van der Waals surface area contributed by atoms with E-state index in [1.54, 1.807) is 10.9 Å². The van der Waals surface area contributed by atoms with E-state index in [0.29, 0.717) is 11.7 Å². The summed E-state index contributed by atoms with van der Waals surface area (Å²) in [6, 6.07) is 2.01. The van der Waals surface area contributed by atoms with Crippen molar-refractivity contribution in [3.8, 4) is 0 Å². The first-order valence-electron chi connectivity index (χ1n) is 5.83. The molecule has 2 aromatic heterocycles. The highest BCUT2D eigenvalue weighted by atomic mass is 32.2. The first-order valence-corrected chi connectivity index (χ1v) is 6.82. The van der Waals surface area contributed by atoms with Crippen LogP contribution in [-0.4, -0.2) is 41.4 Å². The van der Waals surface area contributed by atoms with Crippen molar-refractivity contribution in [1.29, 1.82) is 0 Å². The molecule has 0 atom stereocenters. The van der Waals surface area contributed by atoms with Crippen molar-refractivity contribution < 1.29 is 9.90 Å². The van der Waals surface area contributed by atoms with Gasteiger partial charge < -0.3 is 9.67 Å². The van der Waals surface area contributed by atoms with E-state index in [4.69, 9.17) is 5.11 Å². The summed E-state index contributed by atoms with van der Waals surface area (Å²) < 4.78 is 3.70. The Balaban J connectivity index is 2.21. The summed E-state index contributed by atoms with van der Waals surface area (Å²) in [5.41, 5.74) is 0. The van der Waals surface area contributed by atoms with Crippen LogP contribution in [0.5, 0.6) is 0 Å². The molecule has 0 saturated carbocycles. The summed E-state index contributed by atoms with van der Waals surface area (Å²) in [6.45, 7) is 4.55. The third-order valence-corrected chi connectivity index (χ3v) is 3.37. The average molecular weight is 281 g/mol. The number of carboxylic acids is 1. The van der Waals surface area contributed by atoms with Crippen LogP contribution in [0.25, 0.3) is 0 Å². The molecule has 0 unspecified atom stereocenters. The number of thioether (sulfide) groups is 1. The molecular formula is C11H15N5O2S. The normalized spacial score (nSPS) is 11.1. The van der Waals surface area contributed by atoms with Gasteiger partial charge in [0.05, 0.1) is 5.75 Å². The van der Waals surface area contributed by atoms with Gasteiger partial charge in [0, 0.05) is 18.4 Å². The Hall–Kier alpha value is -1.83. The molecule has 2 aromatic rings. The predicted octanol–water partition coefficient (Wildman–Crippen LogP) is 1.28. The molecule has 19 heavy (non-hydrogen) atoms. The number of rotatable bonds is 6. The number of aromatic nitrogens is 5. The fourth-order valence-corrected chi connectivity index (χ4v) is 2.50. The van der Waals surface area contributed by atoms with Crippen LogP contribution >= 0.6 is 11.8 Å². The molecular weight excluding hydrogens is 266 g/mol. The molecule has 102 valence electrons. The zero-order valence-corrected chi connectivity index (χ0v) is 11.5. The zero-order valence-electron chi connectivity index (χ0n) is 10.7. The highest BCUT2D eigenvalue weighted by molar-refractivity contribution is 7.99. The Morgan fingerprint density at radius 3 is 2.84 bits per heavy atom. The lowest BCUT2D eigenvalue weighted by molar-refractivity contribution is -0.133. The molecule has 0 saturated heterocycles. The topological polar surface area (TPSA) is 85.8 Å². The Morgan fingerprint density at radius 2 is 2.26 bits per heavy atom. The molecule has 0 spiro atoms. The van der Waals surface area contributed by atoms with Crippen molar-refractivity contribution in [3.05, 3.63) is 24.3 Å². The fourth-order valence-electron chi connectivity index (χ4n) is 1.70. The molecule has 8 heteroatoms. The Labute approximate surface area is 114 Å². The molecule has 7 nitrogen and oxygen atoms in total. The molecule has 0 fully saturated rings. The Bertz CT molecular complexity index is 549. The maximum Gasteiger partial charge on any atom is 0.313 e. The Kier molecular flexibility index (Phi) is 4.20. The minimum absolute atomic E-state index is 0.0212. The predicted molar refractivity (Wildman–Crippen MR) is 70.1 cm³/mol. The summed E-state index contributed by atoms with van der Waals surface area (Å²) in [6.07, 6.45) is 3.56. The fraction of sp³-hybridized carbons (Fsp3) is 0.455. The molecule has 0 bridgehead atoms. The number of aliphatic carboxylic acids is 1. The second kappa shape index (κ2) is 5.87. The molecule has 0 amide bonds. The van der Waals surface area contributed by atoms with Gasteiger partial charge in [-0.1, -0.05) is 11.8 Å². The molecule has 0 radical (unpaired) electrons. The highest BCUT2D eigenvalue weighted by Gasteiger charge is 2.16. The van der Waals surface area contributed by atoms with E-state index in [-0.39, 0.29) is 11.8 Å². The lowest BCUT2D eigenvalue weighted by Crippen LogP contribution is -2.12. The largest absolute Gasteiger partial charge is 0.481 e. The van der Waals surface area contributed by atoms with E-state index >= 15 is 0 Å². The maximum atomic E-state index is 10.6. The highest BCUT2D eigenvalue weighted by Crippen LogP contribution is 2.21. The summed E-state index contributed by atoms with van der Waals surface area (Å²) in [5, 5.41) is 21.7. The van der Waals surface area contributed by atoms with E-state index < -0.39 is 5.97 Å². The van der Waals surface area contributed by atoms with Gasteiger partial charge >= 0.3 is 5.97 Å². The van der Waals surface area contributed by atoms with Crippen LogP contribution in [0.1, 0.15) is 25.7 Å². The van der Waals surface area contributed by atoms with Crippen molar-refractivity contribution in [2.45, 2.75) is 31.6 Å². The molecule has 2 rings (SSSR count). The van der Waals surface area contributed by atoms with Crippen LogP contribution in [0.4, 0.5) is 0 Å². The van der Waals surface area contributed by atoms with Crippen LogP contribution in [0.15, 0.2) is 23.6 Å². The zero-order chi connectivity index (χ0) is 13.8. The second-order valence-corrected chi connectivity index (χ2v) is 5.19. The van der Waals surface area contributed by atoms with Crippen LogP contribution in [0.3, 0.4) is 0 Å². The van der Waals surface area contributed by atoms with Crippen LogP contribution < -0.4 is 0 Å². The van der Waals surface area contributed by atoms with Gasteiger partial charge in [-0.2, -0.15) is 5.10 Å². The third kappa shape index (κ3) is 3.34. The van der Waals surface area contributed by atoms with Crippen LogP contribution in [0, 0.1) is 0 Å². The standard InChI is InChI=1S/C11H15N5O2S/c1-8(2)16-9(6-15-5-3-4-12-15)13-14-11(16)19-7-10(17)18/h3-5,8H,6-7H2,1-2H3,(H,17,18). The number of hydrogen-bond donors (Lipinski definition) is 1. The molecule has 0 aliphatic rings. The van der Waals surface area contributed by atoms with E-state index in [1.807, 2.05) is 30.7 Å². The van der Waals surface area contributed by atoms with Crippen LogP contribution in [0.2, 0.25) is 0 Å². The van der Waals surface area contributed by atoms with Crippen molar-refractivity contribution in [3.63, 3.8) is 0 Å². The number of carbonyl (C=O) groups is 1. The van der Waals surface area contributed by atoms with Gasteiger partial charge in [0.2, 0.25) is 0 Å². The van der Waals surface area contributed by atoms with Gasteiger partial charge in [-0.15, -0.1) is 10.2 Å². The minimum Gasteiger partial charge on any atom is -0.481 e. The van der Waals surface area contributed by atoms with E-state index in [9.17, 15) is 4.79 Å². The van der Waals surface area contributed by atoms with E-state index in [2.05, 4.69) is 15.3 Å². The number of nitrogens with zero attached hydrogens (tertiary/aromatic N) is 5. The summed E-state index contributed by atoms with van der Waals surface area (Å²) in [4.78, 5) is 10.6. The van der Waals surface area contributed by atoms with Crippen molar-refractivity contribution in [1.82, 2.24) is 24.5 Å². The van der Waals surface area contributed by atoms with Gasteiger partial charge in [-0.3, -0.25) is 9.48 Å². The lowest BCUT2D eigenvalue weighted by Gasteiger charge is -2.13. The molecule has 0 aliphatic heterocycles. The maximum absolute atomic E-state index is 10.6. The molecule has 0 aromatic carbocycles. The van der Waals surface area contributed by atoms with Gasteiger partial charge in [0.1, 0.15) is 6.54 Å². The van der Waals surface area contributed by atoms with Crippen molar-refractivity contribution in [2.24, 2.45) is 0 Å². The van der Waals surface area contributed by atoms with Gasteiger partial charge in [0.25, 0.3) is 0 Å². The summed E-state index contributed by atoms with van der Waals surface area (Å²) in [7, 11) is 0. The average Bonchev–Trinajstić information content (AvgIpc) is 2.96. The molecule has 1 N–H and O–H groups in total. The third-order valence-electron chi connectivity index (χ3n) is 2.44. The monoisotopic (exact) mass is 281 g/mol. The number of hydrogen-bond acceptors (Lipinski definition) is 5. The SMILES string of the molecule is CC(C)n1c(Cn2cccn2)nnc1SCC(=O)O. The minimum atomic E-state index is -0.864. The number of carboxylic acid groups (broad SMARTS) is 1. The van der Waals surface area contributed by atoms with Crippen molar-refractivity contribution in [2.75, 3.05) is 5.75 Å². The lowest BCUT2D eigenvalue weighted by atomic mass is 10.4. The Morgan fingerprint density at radius 1 is 1.47 bits per heavy atom. The van der Waals surface area contributed by atoms with Crippen molar-refractivity contribution >= 4 is 17.7 Å². The van der Waals surface area contributed by atoms with E-state index in [0.717, 1.165) is 5.82 Å². The van der Waals surface area contributed by atoms with Gasteiger partial charge in [-0.05, 0) is 19.9 Å². The second-order valence-electron chi connectivity index (χ2n) is 4.25. The summed E-state index contributed by atoms with van der Waals surface area (Å²) >= 11 is 1.18. The van der Waals surface area contributed by atoms with E-state index in [1.165, 1.54) is 11.8 Å².